The van der Waals surface area contributed by atoms with Crippen LogP contribution in [0, 0.1) is 0 Å². The molecule has 1 atom stereocenters. The molecule has 1 aliphatic rings. The lowest BCUT2D eigenvalue weighted by atomic mass is 10.2. The van der Waals surface area contributed by atoms with E-state index in [0.29, 0.717) is 24.7 Å². The van der Waals surface area contributed by atoms with Gasteiger partial charge in [-0.05, 0) is 12.1 Å². The van der Waals surface area contributed by atoms with Crippen molar-refractivity contribution in [3.8, 4) is 0 Å². The van der Waals surface area contributed by atoms with Crippen molar-refractivity contribution in [3.63, 3.8) is 0 Å². The van der Waals surface area contributed by atoms with Crippen LogP contribution in [0.25, 0.3) is 0 Å². The number of anilines is 1. The quantitative estimate of drug-likeness (QED) is 0.621. The van der Waals surface area contributed by atoms with Crippen LogP contribution in [0.5, 0.6) is 0 Å². The topological polar surface area (TPSA) is 77.7 Å². The fourth-order valence-electron chi connectivity index (χ4n) is 1.88. The summed E-state index contributed by atoms with van der Waals surface area (Å²) in [6.45, 7) is 1.50. The van der Waals surface area contributed by atoms with E-state index in [9.17, 15) is 4.79 Å². The first-order valence-corrected chi connectivity index (χ1v) is 6.23. The summed E-state index contributed by atoms with van der Waals surface area (Å²) in [4.78, 5) is 18.0. The standard InChI is InChI=1S/C12H15N3O3S/c1-17-12(16)9-7-15(4-5-18-9)10-6-8(11(13)19)2-3-14-10/h2-3,6,9H,4-5,7H2,1H3,(H2,13,19). The Labute approximate surface area is 116 Å². The lowest BCUT2D eigenvalue weighted by Crippen LogP contribution is -2.47. The third kappa shape index (κ3) is 3.18. The van der Waals surface area contributed by atoms with Crippen LogP contribution in [0.3, 0.4) is 0 Å². The van der Waals surface area contributed by atoms with E-state index in [-0.39, 0.29) is 5.97 Å². The van der Waals surface area contributed by atoms with Crippen LogP contribution in [0.15, 0.2) is 18.3 Å². The summed E-state index contributed by atoms with van der Waals surface area (Å²) in [6.07, 6.45) is 1.06. The highest BCUT2D eigenvalue weighted by Gasteiger charge is 2.28. The molecule has 1 aromatic heterocycles. The van der Waals surface area contributed by atoms with Gasteiger partial charge in [-0.25, -0.2) is 9.78 Å². The van der Waals surface area contributed by atoms with Crippen molar-refractivity contribution in [3.05, 3.63) is 23.9 Å². The van der Waals surface area contributed by atoms with E-state index in [1.54, 1.807) is 12.3 Å². The van der Waals surface area contributed by atoms with Crippen LogP contribution >= 0.6 is 12.2 Å². The number of carbonyl (C=O) groups is 1. The molecule has 0 saturated carbocycles. The Morgan fingerprint density at radius 2 is 2.47 bits per heavy atom. The third-order valence-corrected chi connectivity index (χ3v) is 3.12. The molecule has 0 spiro atoms. The molecule has 1 saturated heterocycles. The van der Waals surface area contributed by atoms with E-state index in [1.807, 2.05) is 11.0 Å². The number of carbonyl (C=O) groups excluding carboxylic acids is 1. The second-order valence-electron chi connectivity index (χ2n) is 4.10. The van der Waals surface area contributed by atoms with E-state index in [1.165, 1.54) is 7.11 Å². The number of hydrogen-bond acceptors (Lipinski definition) is 6. The van der Waals surface area contributed by atoms with Gasteiger partial charge in [-0.3, -0.25) is 0 Å². The van der Waals surface area contributed by atoms with Crippen molar-refractivity contribution < 1.29 is 14.3 Å². The fraction of sp³-hybridized carbons (Fsp3) is 0.417. The summed E-state index contributed by atoms with van der Waals surface area (Å²) < 4.78 is 10.0. The van der Waals surface area contributed by atoms with Crippen LogP contribution in [-0.2, 0) is 14.3 Å². The normalized spacial score (nSPS) is 19.0. The van der Waals surface area contributed by atoms with Crippen molar-refractivity contribution in [2.75, 3.05) is 31.7 Å². The van der Waals surface area contributed by atoms with Crippen molar-refractivity contribution in [1.82, 2.24) is 4.98 Å². The Morgan fingerprint density at radius 3 is 3.16 bits per heavy atom. The average molecular weight is 281 g/mol. The van der Waals surface area contributed by atoms with Gasteiger partial charge in [0.1, 0.15) is 10.8 Å². The van der Waals surface area contributed by atoms with Crippen molar-refractivity contribution in [2.24, 2.45) is 5.73 Å². The van der Waals surface area contributed by atoms with Gasteiger partial charge in [0.05, 0.1) is 20.3 Å². The second kappa shape index (κ2) is 5.94. The van der Waals surface area contributed by atoms with Gasteiger partial charge >= 0.3 is 5.97 Å². The number of esters is 1. The summed E-state index contributed by atoms with van der Waals surface area (Å²) >= 11 is 4.94. The van der Waals surface area contributed by atoms with E-state index in [0.717, 1.165) is 11.4 Å². The van der Waals surface area contributed by atoms with Gasteiger partial charge in [-0.2, -0.15) is 0 Å². The largest absolute Gasteiger partial charge is 0.467 e. The molecule has 102 valence electrons. The monoisotopic (exact) mass is 281 g/mol. The number of rotatable bonds is 3. The van der Waals surface area contributed by atoms with E-state index in [4.69, 9.17) is 22.7 Å². The molecule has 2 heterocycles. The van der Waals surface area contributed by atoms with Gasteiger partial charge in [0.15, 0.2) is 6.10 Å². The number of morpholine rings is 1. The zero-order valence-electron chi connectivity index (χ0n) is 10.5. The number of aromatic nitrogens is 1. The summed E-state index contributed by atoms with van der Waals surface area (Å²) in [5.74, 6) is 0.345. The smallest absolute Gasteiger partial charge is 0.336 e. The number of nitrogens with two attached hydrogens (primary N) is 1. The Balaban J connectivity index is 2.15. The van der Waals surface area contributed by atoms with E-state index >= 15 is 0 Å². The zero-order valence-corrected chi connectivity index (χ0v) is 11.4. The highest BCUT2D eigenvalue weighted by molar-refractivity contribution is 7.80. The van der Waals surface area contributed by atoms with Crippen molar-refractivity contribution in [1.29, 1.82) is 0 Å². The number of ether oxygens (including phenoxy) is 2. The molecule has 2 N–H and O–H groups in total. The molecule has 0 aliphatic carbocycles. The average Bonchev–Trinajstić information content (AvgIpc) is 2.46. The number of methoxy groups -OCH3 is 1. The number of nitrogens with zero attached hydrogens (tertiary/aromatic N) is 2. The van der Waals surface area contributed by atoms with Gasteiger partial charge in [-0.15, -0.1) is 0 Å². The predicted octanol–water partition coefficient (Wildman–Crippen LogP) is 0.0940. The molecule has 0 radical (unpaired) electrons. The summed E-state index contributed by atoms with van der Waals surface area (Å²) in [6, 6.07) is 3.56. The van der Waals surface area contributed by atoms with Gasteiger partial charge in [0, 0.05) is 18.3 Å². The third-order valence-electron chi connectivity index (χ3n) is 2.88. The minimum Gasteiger partial charge on any atom is -0.467 e. The SMILES string of the molecule is COC(=O)C1CN(c2cc(C(N)=S)ccn2)CCO1. The highest BCUT2D eigenvalue weighted by atomic mass is 32.1. The van der Waals surface area contributed by atoms with E-state index in [2.05, 4.69) is 9.72 Å². The van der Waals surface area contributed by atoms with Crippen molar-refractivity contribution in [2.45, 2.75) is 6.10 Å². The Hall–Kier alpha value is -1.73. The minimum absolute atomic E-state index is 0.321. The maximum absolute atomic E-state index is 11.5. The Kier molecular flexibility index (Phi) is 4.28. The first kappa shape index (κ1) is 13.7. The predicted molar refractivity (Wildman–Crippen MR) is 74.1 cm³/mol. The zero-order chi connectivity index (χ0) is 13.8. The second-order valence-corrected chi connectivity index (χ2v) is 4.54. The maximum Gasteiger partial charge on any atom is 0.336 e. The molecule has 7 heteroatoms. The van der Waals surface area contributed by atoms with Crippen LogP contribution in [-0.4, -0.2) is 48.9 Å². The number of hydrogen-bond donors (Lipinski definition) is 1. The van der Waals surface area contributed by atoms with Crippen LogP contribution in [0.1, 0.15) is 5.56 Å². The lowest BCUT2D eigenvalue weighted by Gasteiger charge is -2.32. The van der Waals surface area contributed by atoms with Gasteiger partial charge < -0.3 is 20.1 Å². The molecule has 1 aromatic rings. The molecule has 0 aromatic carbocycles. The van der Waals surface area contributed by atoms with Crippen LogP contribution in [0.4, 0.5) is 5.82 Å². The fourth-order valence-corrected chi connectivity index (χ4v) is 2.00. The van der Waals surface area contributed by atoms with Crippen LogP contribution in [0.2, 0.25) is 0 Å². The molecular weight excluding hydrogens is 266 g/mol. The molecule has 2 rings (SSSR count). The molecule has 1 unspecified atom stereocenters. The molecule has 1 fully saturated rings. The molecule has 0 amide bonds. The molecule has 19 heavy (non-hydrogen) atoms. The number of thiocarbonyl (C=S) groups is 1. The molecule has 1 aliphatic heterocycles. The molecule has 0 bridgehead atoms. The summed E-state index contributed by atoms with van der Waals surface area (Å²) in [5, 5.41) is 0. The first-order valence-electron chi connectivity index (χ1n) is 5.82. The number of pyridine rings is 1. The lowest BCUT2D eigenvalue weighted by molar-refractivity contribution is -0.154. The van der Waals surface area contributed by atoms with Crippen LogP contribution < -0.4 is 10.6 Å². The minimum atomic E-state index is -0.589. The first-order chi connectivity index (χ1) is 9.11. The molecular formula is C12H15N3O3S. The molecule has 6 nitrogen and oxygen atoms in total. The maximum atomic E-state index is 11.5. The summed E-state index contributed by atoms with van der Waals surface area (Å²) in [5.41, 5.74) is 6.35. The van der Waals surface area contributed by atoms with Gasteiger partial charge in [0.2, 0.25) is 0 Å². The highest BCUT2D eigenvalue weighted by Crippen LogP contribution is 2.17. The Bertz CT molecular complexity index is 495. The van der Waals surface area contributed by atoms with Gasteiger partial charge in [0.25, 0.3) is 0 Å². The van der Waals surface area contributed by atoms with E-state index < -0.39 is 6.10 Å². The van der Waals surface area contributed by atoms with Gasteiger partial charge in [-0.1, -0.05) is 12.2 Å². The Morgan fingerprint density at radius 1 is 1.68 bits per heavy atom. The van der Waals surface area contributed by atoms with Crippen molar-refractivity contribution >= 4 is 29.0 Å². The summed E-state index contributed by atoms with van der Waals surface area (Å²) in [7, 11) is 1.34.